The molecule has 2 rings (SSSR count). The Hall–Kier alpha value is -1.51. The normalized spacial score (nSPS) is 12.1. The largest absolute Gasteiger partial charge is 0.492 e. The maximum absolute atomic E-state index is 6.03. The van der Waals surface area contributed by atoms with Gasteiger partial charge in [0.2, 0.25) is 0 Å². The van der Waals surface area contributed by atoms with E-state index in [1.807, 2.05) is 48.5 Å². The first-order valence-corrected chi connectivity index (χ1v) is 7.34. The third-order valence-electron chi connectivity index (χ3n) is 3.16. The fourth-order valence-electron chi connectivity index (χ4n) is 2.14. The first kappa shape index (κ1) is 14.9. The topological polar surface area (TPSA) is 21.3 Å². The van der Waals surface area contributed by atoms with E-state index in [1.165, 1.54) is 5.56 Å². The molecule has 2 aromatic carbocycles. The van der Waals surface area contributed by atoms with E-state index in [0.29, 0.717) is 12.6 Å². The van der Waals surface area contributed by atoms with Crippen molar-refractivity contribution in [1.82, 2.24) is 5.32 Å². The maximum atomic E-state index is 6.03. The number of benzene rings is 2. The van der Waals surface area contributed by atoms with Crippen LogP contribution in [-0.2, 0) is 0 Å². The highest BCUT2D eigenvalue weighted by Crippen LogP contribution is 2.20. The maximum Gasteiger partial charge on any atom is 0.119 e. The molecule has 0 saturated carbocycles. The minimum atomic E-state index is 0.313. The molecule has 1 N–H and O–H groups in total. The molecule has 0 aliphatic carbocycles. The van der Waals surface area contributed by atoms with Gasteiger partial charge in [-0.05, 0) is 36.2 Å². The summed E-state index contributed by atoms with van der Waals surface area (Å²) in [5.74, 6) is 0.908. The zero-order valence-corrected chi connectivity index (χ0v) is 12.4. The van der Waals surface area contributed by atoms with Crippen LogP contribution in [0.2, 0.25) is 5.02 Å². The summed E-state index contributed by atoms with van der Waals surface area (Å²) in [5.41, 5.74) is 1.22. The van der Waals surface area contributed by atoms with Gasteiger partial charge in [0.15, 0.2) is 0 Å². The van der Waals surface area contributed by atoms with Crippen molar-refractivity contribution < 1.29 is 4.74 Å². The molecular formula is C17H20ClNO. The molecular weight excluding hydrogens is 270 g/mol. The molecule has 0 aliphatic rings. The lowest BCUT2D eigenvalue weighted by atomic mass is 10.0. The van der Waals surface area contributed by atoms with Crippen LogP contribution in [0.15, 0.2) is 54.6 Å². The van der Waals surface area contributed by atoms with Gasteiger partial charge in [0.25, 0.3) is 0 Å². The first-order chi connectivity index (χ1) is 9.79. The predicted molar refractivity (Wildman–Crippen MR) is 84.4 cm³/mol. The predicted octanol–water partition coefficient (Wildman–Crippen LogP) is 4.46. The summed E-state index contributed by atoms with van der Waals surface area (Å²) in [4.78, 5) is 0. The van der Waals surface area contributed by atoms with Crippen LogP contribution in [0.25, 0.3) is 0 Å². The molecule has 0 aromatic heterocycles. The van der Waals surface area contributed by atoms with Crippen LogP contribution in [0, 0.1) is 0 Å². The molecule has 0 amide bonds. The lowest BCUT2D eigenvalue weighted by Gasteiger charge is -2.18. The Morgan fingerprint density at radius 2 is 1.90 bits per heavy atom. The summed E-state index contributed by atoms with van der Waals surface area (Å²) in [7, 11) is 0. The fourth-order valence-corrected chi connectivity index (χ4v) is 2.34. The van der Waals surface area contributed by atoms with Crippen LogP contribution in [0.1, 0.15) is 24.9 Å². The zero-order valence-electron chi connectivity index (χ0n) is 11.7. The molecule has 0 aliphatic heterocycles. The molecule has 2 nitrogen and oxygen atoms in total. The summed E-state index contributed by atoms with van der Waals surface area (Å²) in [5, 5.41) is 4.28. The number of hydrogen-bond acceptors (Lipinski definition) is 2. The van der Waals surface area contributed by atoms with Crippen molar-refractivity contribution >= 4 is 11.6 Å². The molecule has 0 saturated heterocycles. The molecule has 3 heteroatoms. The highest BCUT2D eigenvalue weighted by molar-refractivity contribution is 6.30. The van der Waals surface area contributed by atoms with E-state index in [0.717, 1.165) is 23.7 Å². The van der Waals surface area contributed by atoms with E-state index in [4.69, 9.17) is 16.3 Å². The molecule has 0 fully saturated rings. The molecule has 0 bridgehead atoms. The number of para-hydroxylation sites is 1. The molecule has 20 heavy (non-hydrogen) atoms. The quantitative estimate of drug-likeness (QED) is 0.760. The molecule has 2 aromatic rings. The Labute approximate surface area is 125 Å². The van der Waals surface area contributed by atoms with E-state index in [9.17, 15) is 0 Å². The molecule has 0 heterocycles. The van der Waals surface area contributed by atoms with Crippen molar-refractivity contribution in [2.75, 3.05) is 13.2 Å². The van der Waals surface area contributed by atoms with Crippen LogP contribution >= 0.6 is 11.6 Å². The second-order valence-electron chi connectivity index (χ2n) is 4.63. The zero-order chi connectivity index (χ0) is 14.2. The van der Waals surface area contributed by atoms with E-state index < -0.39 is 0 Å². The van der Waals surface area contributed by atoms with Crippen molar-refractivity contribution in [1.29, 1.82) is 0 Å². The van der Waals surface area contributed by atoms with Gasteiger partial charge in [0.05, 0.1) is 0 Å². The summed E-state index contributed by atoms with van der Waals surface area (Å²) in [6, 6.07) is 18.2. The van der Waals surface area contributed by atoms with Crippen molar-refractivity contribution in [2.24, 2.45) is 0 Å². The molecule has 1 unspecified atom stereocenters. The smallest absolute Gasteiger partial charge is 0.119 e. The number of nitrogens with one attached hydrogen (secondary N) is 1. The van der Waals surface area contributed by atoms with Gasteiger partial charge in [-0.2, -0.15) is 0 Å². The minimum Gasteiger partial charge on any atom is -0.492 e. The highest BCUT2D eigenvalue weighted by Gasteiger charge is 2.08. The second-order valence-corrected chi connectivity index (χ2v) is 5.07. The van der Waals surface area contributed by atoms with Gasteiger partial charge in [-0.3, -0.25) is 0 Å². The standard InChI is InChI=1S/C17H20ClNO/c1-2-17(14-7-6-8-15(18)13-14)19-11-12-20-16-9-4-3-5-10-16/h3-10,13,17,19H,2,11-12H2,1H3. The Morgan fingerprint density at radius 3 is 2.60 bits per heavy atom. The Bertz CT molecular complexity index is 515. The van der Waals surface area contributed by atoms with Gasteiger partial charge in [0.1, 0.15) is 12.4 Å². The second kappa shape index (κ2) is 7.93. The average Bonchev–Trinajstić information content (AvgIpc) is 2.48. The molecule has 0 spiro atoms. The van der Waals surface area contributed by atoms with Gasteiger partial charge < -0.3 is 10.1 Å². The third-order valence-corrected chi connectivity index (χ3v) is 3.40. The number of ether oxygens (including phenoxy) is 1. The SMILES string of the molecule is CCC(NCCOc1ccccc1)c1cccc(Cl)c1. The summed E-state index contributed by atoms with van der Waals surface area (Å²) in [6.45, 7) is 3.62. The first-order valence-electron chi connectivity index (χ1n) is 6.96. The van der Waals surface area contributed by atoms with Gasteiger partial charge >= 0.3 is 0 Å². The fraction of sp³-hybridized carbons (Fsp3) is 0.294. The molecule has 106 valence electrons. The van der Waals surface area contributed by atoms with E-state index in [1.54, 1.807) is 0 Å². The monoisotopic (exact) mass is 289 g/mol. The number of hydrogen-bond donors (Lipinski definition) is 1. The van der Waals surface area contributed by atoms with Crippen molar-refractivity contribution in [3.05, 3.63) is 65.2 Å². The lowest BCUT2D eigenvalue weighted by Crippen LogP contribution is -2.25. The van der Waals surface area contributed by atoms with Crippen LogP contribution < -0.4 is 10.1 Å². The average molecular weight is 290 g/mol. The summed E-state index contributed by atoms with van der Waals surface area (Å²) < 4.78 is 5.67. The molecule has 0 radical (unpaired) electrons. The van der Waals surface area contributed by atoms with Crippen molar-refractivity contribution in [2.45, 2.75) is 19.4 Å². The minimum absolute atomic E-state index is 0.313. The third kappa shape index (κ3) is 4.55. The van der Waals surface area contributed by atoms with Crippen LogP contribution in [0.5, 0.6) is 5.75 Å². The Kier molecular flexibility index (Phi) is 5.90. The lowest BCUT2D eigenvalue weighted by molar-refractivity contribution is 0.304. The van der Waals surface area contributed by atoms with Gasteiger partial charge in [-0.25, -0.2) is 0 Å². The summed E-state index contributed by atoms with van der Waals surface area (Å²) >= 11 is 6.03. The number of rotatable bonds is 7. The van der Waals surface area contributed by atoms with Gasteiger partial charge in [0, 0.05) is 17.6 Å². The van der Waals surface area contributed by atoms with Crippen LogP contribution in [-0.4, -0.2) is 13.2 Å². The van der Waals surface area contributed by atoms with Gasteiger partial charge in [-0.1, -0.05) is 48.9 Å². The summed E-state index contributed by atoms with van der Waals surface area (Å²) in [6.07, 6.45) is 1.02. The van der Waals surface area contributed by atoms with E-state index in [-0.39, 0.29) is 0 Å². The van der Waals surface area contributed by atoms with Crippen LogP contribution in [0.4, 0.5) is 0 Å². The Balaban J connectivity index is 1.80. The van der Waals surface area contributed by atoms with E-state index in [2.05, 4.69) is 18.3 Å². The van der Waals surface area contributed by atoms with Crippen LogP contribution in [0.3, 0.4) is 0 Å². The van der Waals surface area contributed by atoms with Crippen molar-refractivity contribution in [3.8, 4) is 5.75 Å². The van der Waals surface area contributed by atoms with E-state index >= 15 is 0 Å². The number of halogens is 1. The van der Waals surface area contributed by atoms with Gasteiger partial charge in [-0.15, -0.1) is 0 Å². The molecule has 1 atom stereocenters. The highest BCUT2D eigenvalue weighted by atomic mass is 35.5. The Morgan fingerprint density at radius 1 is 1.10 bits per heavy atom. The van der Waals surface area contributed by atoms with Crippen molar-refractivity contribution in [3.63, 3.8) is 0 Å².